The molecule has 0 radical (unpaired) electrons. The number of nitrogens with one attached hydrogen (secondary N) is 2. The lowest BCUT2D eigenvalue weighted by Gasteiger charge is -2.31. The second-order valence-corrected chi connectivity index (χ2v) is 8.73. The number of sulfonamides is 1. The van der Waals surface area contributed by atoms with Gasteiger partial charge in [-0.15, -0.1) is 0 Å². The minimum atomic E-state index is -3.50. The smallest absolute Gasteiger partial charge is 0.251 e. The number of carbonyl (C=O) groups excluding carboxylic acids is 1. The average molecular weight is 372 g/mol. The van der Waals surface area contributed by atoms with Gasteiger partial charge in [0.15, 0.2) is 0 Å². The Hall–Kier alpha value is -2.18. The zero-order chi connectivity index (χ0) is 18.8. The third kappa shape index (κ3) is 3.66. The molecule has 3 rings (SSSR count). The number of aryl methyl sites for hydroxylation is 1. The second kappa shape index (κ2) is 7.21. The Balaban J connectivity index is 1.85. The van der Waals surface area contributed by atoms with Gasteiger partial charge in [-0.1, -0.05) is 42.7 Å². The van der Waals surface area contributed by atoms with Crippen molar-refractivity contribution in [2.75, 3.05) is 7.05 Å². The topological polar surface area (TPSA) is 75.3 Å². The van der Waals surface area contributed by atoms with Crippen LogP contribution in [0.4, 0.5) is 0 Å². The summed E-state index contributed by atoms with van der Waals surface area (Å²) in [6.45, 7) is 2.05. The highest BCUT2D eigenvalue weighted by molar-refractivity contribution is 7.89. The molecule has 6 heteroatoms. The Morgan fingerprint density at radius 2 is 1.69 bits per heavy atom. The normalized spacial score (nSPS) is 16.4. The van der Waals surface area contributed by atoms with E-state index in [1.807, 2.05) is 6.07 Å². The highest BCUT2D eigenvalue weighted by Gasteiger charge is 2.37. The van der Waals surface area contributed by atoms with Gasteiger partial charge < -0.3 is 5.32 Å². The van der Waals surface area contributed by atoms with Gasteiger partial charge in [0.05, 0.1) is 10.4 Å². The Labute approximate surface area is 154 Å². The fourth-order valence-corrected chi connectivity index (χ4v) is 4.33. The van der Waals surface area contributed by atoms with E-state index in [4.69, 9.17) is 0 Å². The van der Waals surface area contributed by atoms with E-state index in [1.165, 1.54) is 24.7 Å². The highest BCUT2D eigenvalue weighted by atomic mass is 32.2. The molecule has 0 atom stereocenters. The maximum atomic E-state index is 12.8. The van der Waals surface area contributed by atoms with Crippen molar-refractivity contribution < 1.29 is 13.2 Å². The molecule has 1 aliphatic rings. The summed E-state index contributed by atoms with van der Waals surface area (Å²) in [5.41, 5.74) is 2.42. The van der Waals surface area contributed by atoms with Crippen molar-refractivity contribution in [3.05, 3.63) is 65.2 Å². The lowest BCUT2D eigenvalue weighted by Crippen LogP contribution is -2.43. The monoisotopic (exact) mass is 372 g/mol. The first kappa shape index (κ1) is 18.6. The first-order valence-corrected chi connectivity index (χ1v) is 10.3. The number of rotatable bonds is 5. The van der Waals surface area contributed by atoms with Crippen LogP contribution in [0.5, 0.6) is 0 Å². The van der Waals surface area contributed by atoms with E-state index in [0.717, 1.165) is 31.2 Å². The lowest BCUT2D eigenvalue weighted by atomic mass is 9.87. The molecule has 0 aromatic heterocycles. The van der Waals surface area contributed by atoms with Crippen LogP contribution in [0.1, 0.15) is 47.2 Å². The highest BCUT2D eigenvalue weighted by Crippen LogP contribution is 2.39. The molecule has 2 aromatic rings. The maximum absolute atomic E-state index is 12.8. The van der Waals surface area contributed by atoms with Gasteiger partial charge in [0.2, 0.25) is 10.0 Å². The SMILES string of the molecule is CNS(=O)(=O)c1ccc(C(=O)NC2(c3cccc(C)c3)CCCC2)cc1. The number of carbonyl (C=O) groups is 1. The molecule has 0 heterocycles. The Morgan fingerprint density at radius 3 is 2.27 bits per heavy atom. The summed E-state index contributed by atoms with van der Waals surface area (Å²) in [7, 11) is -2.14. The lowest BCUT2D eigenvalue weighted by molar-refractivity contribution is 0.0898. The summed E-state index contributed by atoms with van der Waals surface area (Å²) in [6.07, 6.45) is 3.98. The molecule has 2 aromatic carbocycles. The van der Waals surface area contributed by atoms with Gasteiger partial charge in [-0.25, -0.2) is 13.1 Å². The Morgan fingerprint density at radius 1 is 1.04 bits per heavy atom. The molecule has 1 amide bonds. The number of hydrogen-bond acceptors (Lipinski definition) is 3. The molecule has 0 unspecified atom stereocenters. The second-order valence-electron chi connectivity index (χ2n) is 6.84. The number of benzene rings is 2. The van der Waals surface area contributed by atoms with Crippen LogP contribution in [0.15, 0.2) is 53.4 Å². The predicted molar refractivity (Wildman–Crippen MR) is 101 cm³/mol. The van der Waals surface area contributed by atoms with Gasteiger partial charge in [0, 0.05) is 5.56 Å². The molecule has 0 saturated heterocycles. The fraction of sp³-hybridized carbons (Fsp3) is 0.350. The molecule has 0 aliphatic heterocycles. The molecule has 5 nitrogen and oxygen atoms in total. The van der Waals surface area contributed by atoms with Crippen molar-refractivity contribution in [3.63, 3.8) is 0 Å². The van der Waals surface area contributed by atoms with Crippen molar-refractivity contribution in [1.82, 2.24) is 10.0 Å². The van der Waals surface area contributed by atoms with E-state index in [9.17, 15) is 13.2 Å². The first-order chi connectivity index (χ1) is 12.4. The summed E-state index contributed by atoms with van der Waals surface area (Å²) in [5, 5.41) is 3.22. The van der Waals surface area contributed by atoms with Crippen molar-refractivity contribution in [2.24, 2.45) is 0 Å². The van der Waals surface area contributed by atoms with Crippen LogP contribution in [-0.4, -0.2) is 21.4 Å². The molecule has 1 fully saturated rings. The zero-order valence-electron chi connectivity index (χ0n) is 15.1. The average Bonchev–Trinajstić information content (AvgIpc) is 3.11. The minimum Gasteiger partial charge on any atom is -0.343 e. The van der Waals surface area contributed by atoms with Crippen molar-refractivity contribution in [3.8, 4) is 0 Å². The van der Waals surface area contributed by atoms with Gasteiger partial charge in [-0.05, 0) is 56.6 Å². The van der Waals surface area contributed by atoms with Crippen LogP contribution in [0.2, 0.25) is 0 Å². The minimum absolute atomic E-state index is 0.144. The van der Waals surface area contributed by atoms with Crippen LogP contribution >= 0.6 is 0 Å². The van der Waals surface area contributed by atoms with Gasteiger partial charge >= 0.3 is 0 Å². The molecular formula is C20H24N2O3S. The number of amides is 1. The van der Waals surface area contributed by atoms with Gasteiger partial charge in [-0.2, -0.15) is 0 Å². The standard InChI is InChI=1S/C20H24N2O3S/c1-15-6-5-7-17(14-15)20(12-3-4-13-20)22-19(23)16-8-10-18(11-9-16)26(24,25)21-2/h5-11,14,21H,3-4,12-13H2,1-2H3,(H,22,23). The van der Waals surface area contributed by atoms with E-state index >= 15 is 0 Å². The summed E-state index contributed by atoms with van der Waals surface area (Å²) in [4.78, 5) is 13.0. The van der Waals surface area contributed by atoms with Crippen molar-refractivity contribution in [2.45, 2.75) is 43.0 Å². The van der Waals surface area contributed by atoms with Gasteiger partial charge in [0.1, 0.15) is 0 Å². The fourth-order valence-electron chi connectivity index (χ4n) is 3.60. The molecule has 2 N–H and O–H groups in total. The van der Waals surface area contributed by atoms with E-state index in [1.54, 1.807) is 12.1 Å². The summed E-state index contributed by atoms with van der Waals surface area (Å²) in [6, 6.07) is 14.3. The van der Waals surface area contributed by atoms with Gasteiger partial charge in [0.25, 0.3) is 5.91 Å². The third-order valence-electron chi connectivity index (χ3n) is 5.08. The van der Waals surface area contributed by atoms with Crippen LogP contribution in [0.25, 0.3) is 0 Å². The van der Waals surface area contributed by atoms with E-state index in [-0.39, 0.29) is 16.3 Å². The van der Waals surface area contributed by atoms with Crippen LogP contribution < -0.4 is 10.0 Å². The van der Waals surface area contributed by atoms with Crippen LogP contribution in [0, 0.1) is 6.92 Å². The number of hydrogen-bond donors (Lipinski definition) is 2. The molecule has 138 valence electrons. The van der Waals surface area contributed by atoms with Crippen LogP contribution in [-0.2, 0) is 15.6 Å². The summed E-state index contributed by atoms with van der Waals surface area (Å²) >= 11 is 0. The Kier molecular flexibility index (Phi) is 5.16. The van der Waals surface area contributed by atoms with Crippen molar-refractivity contribution in [1.29, 1.82) is 0 Å². The van der Waals surface area contributed by atoms with E-state index < -0.39 is 10.0 Å². The predicted octanol–water partition coefficient (Wildman–Crippen LogP) is 3.10. The molecule has 1 aliphatic carbocycles. The molecule has 26 heavy (non-hydrogen) atoms. The first-order valence-electron chi connectivity index (χ1n) is 8.80. The summed E-state index contributed by atoms with van der Waals surface area (Å²) in [5.74, 6) is -0.179. The molecule has 1 saturated carbocycles. The largest absolute Gasteiger partial charge is 0.343 e. The van der Waals surface area contributed by atoms with Crippen LogP contribution in [0.3, 0.4) is 0 Å². The third-order valence-corrected chi connectivity index (χ3v) is 6.51. The van der Waals surface area contributed by atoms with E-state index in [2.05, 4.69) is 35.2 Å². The van der Waals surface area contributed by atoms with E-state index in [0.29, 0.717) is 5.56 Å². The Bertz CT molecular complexity index is 899. The van der Waals surface area contributed by atoms with Crippen molar-refractivity contribution >= 4 is 15.9 Å². The summed E-state index contributed by atoms with van der Waals surface area (Å²) < 4.78 is 25.9. The quantitative estimate of drug-likeness (QED) is 0.847. The maximum Gasteiger partial charge on any atom is 0.251 e. The molecule has 0 bridgehead atoms. The molecular weight excluding hydrogens is 348 g/mol. The molecule has 0 spiro atoms. The van der Waals surface area contributed by atoms with Gasteiger partial charge in [-0.3, -0.25) is 4.79 Å². The zero-order valence-corrected chi connectivity index (χ0v) is 15.9.